The lowest BCUT2D eigenvalue weighted by Gasteiger charge is -2.24. The lowest BCUT2D eigenvalue weighted by Crippen LogP contribution is -2.31. The Morgan fingerprint density at radius 2 is 1.97 bits per heavy atom. The first-order valence-corrected chi connectivity index (χ1v) is 9.64. The van der Waals surface area contributed by atoms with Crippen molar-refractivity contribution in [3.8, 4) is 0 Å². The molecule has 2 aromatic heterocycles. The minimum absolute atomic E-state index is 0.106. The SMILES string of the molecule is Cc1nc([C@H]2CCCN2C(=O)c2cccnc2)ncc1C(=O)Nc1ccc(F)cc1. The lowest BCUT2D eigenvalue weighted by atomic mass is 10.1. The van der Waals surface area contributed by atoms with Crippen molar-refractivity contribution < 1.29 is 14.0 Å². The first-order chi connectivity index (χ1) is 14.5. The van der Waals surface area contributed by atoms with Crippen LogP contribution >= 0.6 is 0 Å². The predicted octanol–water partition coefficient (Wildman–Crippen LogP) is 3.55. The number of carbonyl (C=O) groups is 2. The normalized spacial score (nSPS) is 15.8. The second-order valence-electron chi connectivity index (χ2n) is 7.09. The van der Waals surface area contributed by atoms with E-state index in [0.29, 0.717) is 34.9 Å². The monoisotopic (exact) mass is 405 g/mol. The first-order valence-electron chi connectivity index (χ1n) is 9.64. The van der Waals surface area contributed by atoms with E-state index in [1.165, 1.54) is 30.5 Å². The van der Waals surface area contributed by atoms with E-state index in [2.05, 4.69) is 20.3 Å². The third kappa shape index (κ3) is 4.03. The topological polar surface area (TPSA) is 88.1 Å². The molecule has 3 heterocycles. The van der Waals surface area contributed by atoms with Crippen LogP contribution in [0.2, 0.25) is 0 Å². The van der Waals surface area contributed by atoms with Crippen molar-refractivity contribution in [3.05, 3.63) is 83.5 Å². The van der Waals surface area contributed by atoms with Crippen molar-refractivity contribution in [2.24, 2.45) is 0 Å². The van der Waals surface area contributed by atoms with Gasteiger partial charge in [-0.25, -0.2) is 14.4 Å². The Hall–Kier alpha value is -3.68. The molecule has 0 spiro atoms. The van der Waals surface area contributed by atoms with E-state index >= 15 is 0 Å². The summed E-state index contributed by atoms with van der Waals surface area (Å²) >= 11 is 0. The zero-order chi connectivity index (χ0) is 21.1. The number of carbonyl (C=O) groups excluding carboxylic acids is 2. The van der Waals surface area contributed by atoms with E-state index in [0.717, 1.165) is 12.8 Å². The summed E-state index contributed by atoms with van der Waals surface area (Å²) in [6.45, 7) is 2.35. The van der Waals surface area contributed by atoms with E-state index in [-0.39, 0.29) is 23.7 Å². The van der Waals surface area contributed by atoms with E-state index < -0.39 is 0 Å². The first kappa shape index (κ1) is 19.6. The lowest BCUT2D eigenvalue weighted by molar-refractivity contribution is 0.0728. The second kappa shape index (κ2) is 8.36. The van der Waals surface area contributed by atoms with Crippen LogP contribution in [-0.2, 0) is 0 Å². The maximum Gasteiger partial charge on any atom is 0.259 e. The number of aryl methyl sites for hydroxylation is 1. The van der Waals surface area contributed by atoms with Crippen molar-refractivity contribution in [1.82, 2.24) is 19.9 Å². The Balaban J connectivity index is 1.52. The molecule has 152 valence electrons. The average molecular weight is 405 g/mol. The number of hydrogen-bond donors (Lipinski definition) is 1. The number of nitrogens with zero attached hydrogens (tertiary/aromatic N) is 4. The van der Waals surface area contributed by atoms with Crippen molar-refractivity contribution in [2.75, 3.05) is 11.9 Å². The fraction of sp³-hybridized carbons (Fsp3) is 0.227. The van der Waals surface area contributed by atoms with E-state index in [1.54, 1.807) is 36.4 Å². The fourth-order valence-electron chi connectivity index (χ4n) is 3.53. The zero-order valence-corrected chi connectivity index (χ0v) is 16.4. The number of hydrogen-bond acceptors (Lipinski definition) is 5. The van der Waals surface area contributed by atoms with Gasteiger partial charge in [0.25, 0.3) is 11.8 Å². The molecule has 1 aliphatic rings. The summed E-state index contributed by atoms with van der Waals surface area (Å²) in [7, 11) is 0. The Morgan fingerprint density at radius 3 is 2.67 bits per heavy atom. The summed E-state index contributed by atoms with van der Waals surface area (Å²) in [5.41, 5.74) is 1.84. The van der Waals surface area contributed by atoms with Crippen LogP contribution in [-0.4, -0.2) is 38.2 Å². The van der Waals surface area contributed by atoms with Gasteiger partial charge in [-0.2, -0.15) is 0 Å². The maximum absolute atomic E-state index is 13.0. The van der Waals surface area contributed by atoms with Gasteiger partial charge in [-0.3, -0.25) is 14.6 Å². The molecule has 0 saturated carbocycles. The molecule has 2 amide bonds. The van der Waals surface area contributed by atoms with Crippen LogP contribution in [0.1, 0.15) is 51.1 Å². The maximum atomic E-state index is 13.0. The van der Waals surface area contributed by atoms with E-state index in [4.69, 9.17) is 0 Å². The summed E-state index contributed by atoms with van der Waals surface area (Å²) in [5, 5.41) is 2.71. The van der Waals surface area contributed by atoms with Crippen LogP contribution < -0.4 is 5.32 Å². The summed E-state index contributed by atoms with van der Waals surface area (Å²) in [6.07, 6.45) is 6.26. The largest absolute Gasteiger partial charge is 0.328 e. The van der Waals surface area contributed by atoms with Crippen LogP contribution in [0.25, 0.3) is 0 Å². The quantitative estimate of drug-likeness (QED) is 0.717. The number of likely N-dealkylation sites (tertiary alicyclic amines) is 1. The molecule has 7 nitrogen and oxygen atoms in total. The van der Waals surface area contributed by atoms with Crippen LogP contribution in [0, 0.1) is 12.7 Å². The number of rotatable bonds is 4. The van der Waals surface area contributed by atoms with Gasteiger partial charge in [-0.05, 0) is 56.2 Å². The van der Waals surface area contributed by atoms with Gasteiger partial charge in [-0.1, -0.05) is 0 Å². The summed E-state index contributed by atoms with van der Waals surface area (Å²) < 4.78 is 13.0. The molecule has 8 heteroatoms. The van der Waals surface area contributed by atoms with Crippen molar-refractivity contribution >= 4 is 17.5 Å². The molecule has 1 N–H and O–H groups in total. The van der Waals surface area contributed by atoms with Crippen molar-refractivity contribution in [2.45, 2.75) is 25.8 Å². The van der Waals surface area contributed by atoms with Gasteiger partial charge in [-0.15, -0.1) is 0 Å². The Bertz CT molecular complexity index is 1070. The summed E-state index contributed by atoms with van der Waals surface area (Å²) in [5.74, 6) is -0.343. The number of benzene rings is 1. The van der Waals surface area contributed by atoms with Crippen LogP contribution in [0.5, 0.6) is 0 Å². The molecule has 1 aromatic carbocycles. The smallest absolute Gasteiger partial charge is 0.259 e. The molecule has 1 atom stereocenters. The van der Waals surface area contributed by atoms with Crippen LogP contribution in [0.4, 0.5) is 10.1 Å². The van der Waals surface area contributed by atoms with Crippen molar-refractivity contribution in [1.29, 1.82) is 0 Å². The summed E-state index contributed by atoms with van der Waals surface area (Å²) in [6, 6.07) is 8.74. The molecule has 3 aromatic rings. The van der Waals surface area contributed by atoms with E-state index in [1.807, 2.05) is 0 Å². The fourth-order valence-corrected chi connectivity index (χ4v) is 3.53. The van der Waals surface area contributed by atoms with Gasteiger partial charge < -0.3 is 10.2 Å². The third-order valence-electron chi connectivity index (χ3n) is 5.06. The van der Waals surface area contributed by atoms with Gasteiger partial charge >= 0.3 is 0 Å². The molecule has 1 fully saturated rings. The van der Waals surface area contributed by atoms with Crippen LogP contribution in [0.15, 0.2) is 55.0 Å². The molecule has 1 aliphatic heterocycles. The minimum atomic E-state index is -0.376. The number of amides is 2. The van der Waals surface area contributed by atoms with Gasteiger partial charge in [0.15, 0.2) is 5.82 Å². The molecule has 0 unspecified atom stereocenters. The van der Waals surface area contributed by atoms with E-state index in [9.17, 15) is 14.0 Å². The zero-order valence-electron chi connectivity index (χ0n) is 16.4. The minimum Gasteiger partial charge on any atom is -0.328 e. The van der Waals surface area contributed by atoms with Gasteiger partial charge in [0.2, 0.25) is 0 Å². The van der Waals surface area contributed by atoms with Gasteiger partial charge in [0.05, 0.1) is 22.9 Å². The third-order valence-corrected chi connectivity index (χ3v) is 5.06. The number of nitrogens with one attached hydrogen (secondary N) is 1. The Labute approximate surface area is 173 Å². The molecular formula is C22H20FN5O2. The standard InChI is InChI=1S/C22H20FN5O2/c1-14-18(21(29)27-17-8-6-16(23)7-9-17)13-25-20(26-14)19-5-3-11-28(19)22(30)15-4-2-10-24-12-15/h2,4,6-10,12-13,19H,3,5,11H2,1H3,(H,27,29)/t19-/m1/s1. The molecule has 30 heavy (non-hydrogen) atoms. The van der Waals surface area contributed by atoms with Gasteiger partial charge in [0.1, 0.15) is 5.82 Å². The molecular weight excluding hydrogens is 385 g/mol. The molecule has 0 bridgehead atoms. The van der Waals surface area contributed by atoms with Gasteiger partial charge in [0, 0.05) is 30.8 Å². The highest BCUT2D eigenvalue weighted by Crippen LogP contribution is 2.31. The second-order valence-corrected chi connectivity index (χ2v) is 7.09. The van der Waals surface area contributed by atoms with Crippen LogP contribution in [0.3, 0.4) is 0 Å². The number of halogens is 1. The number of aromatic nitrogens is 3. The van der Waals surface area contributed by atoms with Crippen molar-refractivity contribution in [3.63, 3.8) is 0 Å². The highest BCUT2D eigenvalue weighted by molar-refractivity contribution is 6.04. The highest BCUT2D eigenvalue weighted by Gasteiger charge is 2.33. The number of anilines is 1. The number of pyridine rings is 1. The molecule has 0 aliphatic carbocycles. The average Bonchev–Trinajstić information content (AvgIpc) is 3.25. The summed E-state index contributed by atoms with van der Waals surface area (Å²) in [4.78, 5) is 40.1. The Morgan fingerprint density at radius 1 is 1.17 bits per heavy atom. The molecule has 0 radical (unpaired) electrons. The molecule has 1 saturated heterocycles. The predicted molar refractivity (Wildman–Crippen MR) is 108 cm³/mol. The molecule has 4 rings (SSSR count). The Kier molecular flexibility index (Phi) is 5.47. The highest BCUT2D eigenvalue weighted by atomic mass is 19.1.